The first-order valence-electron chi connectivity index (χ1n) is 5.17. The number of carbonyl (C=O) groups is 1. The second-order valence-electron chi connectivity index (χ2n) is 3.29. The average molecular weight is 262 g/mol. The van der Waals surface area contributed by atoms with Crippen molar-refractivity contribution in [2.45, 2.75) is 6.54 Å². The molecule has 0 aliphatic rings. The third-order valence-electron chi connectivity index (χ3n) is 2.03. The number of carbonyl (C=O) groups excluding carboxylic acids is 1. The Morgan fingerprint density at radius 1 is 1.50 bits per heavy atom. The maximum atomic E-state index is 11.8. The molecule has 0 aliphatic carbocycles. The topological polar surface area (TPSA) is 75.4 Å². The highest BCUT2D eigenvalue weighted by atomic mass is 32.1. The molecule has 0 bridgehead atoms. The van der Waals surface area contributed by atoms with E-state index in [-0.39, 0.29) is 12.5 Å². The number of nitrogens with one attached hydrogen (secondary N) is 1. The fourth-order valence-corrected chi connectivity index (χ4v) is 2.04. The second-order valence-corrected chi connectivity index (χ2v) is 4.37. The normalized spacial score (nSPS) is 9.61. The van der Waals surface area contributed by atoms with Crippen LogP contribution in [0.15, 0.2) is 28.9 Å². The Hall–Kier alpha value is -2.10. The van der Waals surface area contributed by atoms with Gasteiger partial charge < -0.3 is 14.9 Å². The largest absolute Gasteiger partial charge is 0.384 e. The molecule has 6 heteroatoms. The molecule has 0 unspecified atom stereocenters. The lowest BCUT2D eigenvalue weighted by molar-refractivity contribution is 0.0951. The molecule has 5 nitrogen and oxygen atoms in total. The lowest BCUT2D eigenvalue weighted by atomic mass is 10.4. The summed E-state index contributed by atoms with van der Waals surface area (Å²) in [4.78, 5) is 13.1. The molecule has 0 atom stereocenters. The van der Waals surface area contributed by atoms with E-state index in [1.165, 1.54) is 17.5 Å². The number of amides is 1. The summed E-state index contributed by atoms with van der Waals surface area (Å²) in [5.74, 6) is 5.69. The Morgan fingerprint density at radius 3 is 3.11 bits per heavy atom. The first kappa shape index (κ1) is 12.4. The summed E-state index contributed by atoms with van der Waals surface area (Å²) in [6.07, 6.45) is 1.52. The summed E-state index contributed by atoms with van der Waals surface area (Å²) in [6.45, 7) is 0.110. The minimum absolute atomic E-state index is 0.187. The number of thiophene rings is 1. The first-order chi connectivity index (χ1) is 8.79. The van der Waals surface area contributed by atoms with Gasteiger partial charge in [-0.25, -0.2) is 0 Å². The molecular weight excluding hydrogens is 252 g/mol. The minimum Gasteiger partial charge on any atom is -0.384 e. The molecule has 2 rings (SSSR count). The van der Waals surface area contributed by atoms with Crippen LogP contribution in [0.1, 0.15) is 20.3 Å². The SMILES string of the molecule is O=C(NCc1ccno1)c1ccc(C#CCO)s1. The van der Waals surface area contributed by atoms with Crippen LogP contribution >= 0.6 is 11.3 Å². The molecule has 0 saturated heterocycles. The molecule has 18 heavy (non-hydrogen) atoms. The third-order valence-corrected chi connectivity index (χ3v) is 3.03. The van der Waals surface area contributed by atoms with Crippen molar-refractivity contribution < 1.29 is 14.4 Å². The van der Waals surface area contributed by atoms with E-state index in [2.05, 4.69) is 22.3 Å². The quantitative estimate of drug-likeness (QED) is 0.809. The van der Waals surface area contributed by atoms with E-state index in [9.17, 15) is 4.79 Å². The summed E-state index contributed by atoms with van der Waals surface area (Å²) in [6, 6.07) is 5.13. The van der Waals surface area contributed by atoms with Gasteiger partial charge in [0.25, 0.3) is 5.91 Å². The van der Waals surface area contributed by atoms with Crippen molar-refractivity contribution in [2.75, 3.05) is 6.61 Å². The number of hydrogen-bond acceptors (Lipinski definition) is 5. The molecule has 2 N–H and O–H groups in total. The van der Waals surface area contributed by atoms with Gasteiger partial charge in [-0.2, -0.15) is 0 Å². The van der Waals surface area contributed by atoms with Gasteiger partial charge in [-0.05, 0) is 12.1 Å². The van der Waals surface area contributed by atoms with E-state index in [1.54, 1.807) is 18.2 Å². The van der Waals surface area contributed by atoms with Gasteiger partial charge in [0, 0.05) is 6.07 Å². The summed E-state index contributed by atoms with van der Waals surface area (Å²) in [7, 11) is 0. The van der Waals surface area contributed by atoms with Crippen molar-refractivity contribution in [1.29, 1.82) is 0 Å². The molecule has 0 fully saturated rings. The van der Waals surface area contributed by atoms with Crippen LogP contribution < -0.4 is 5.32 Å². The summed E-state index contributed by atoms with van der Waals surface area (Å²) >= 11 is 1.28. The highest BCUT2D eigenvalue weighted by Gasteiger charge is 2.08. The Bertz CT molecular complexity index is 578. The van der Waals surface area contributed by atoms with Gasteiger partial charge in [0.2, 0.25) is 0 Å². The van der Waals surface area contributed by atoms with Crippen LogP contribution in [0.3, 0.4) is 0 Å². The Balaban J connectivity index is 1.94. The standard InChI is InChI=1S/C12H10N2O3S/c15-7-1-2-10-3-4-11(18-10)12(16)13-8-9-5-6-14-17-9/h3-6,15H,7-8H2,(H,13,16). The fraction of sp³-hybridized carbons (Fsp3) is 0.167. The van der Waals surface area contributed by atoms with Gasteiger partial charge in [0.15, 0.2) is 5.76 Å². The predicted octanol–water partition coefficient (Wildman–Crippen LogP) is 1.01. The number of aliphatic hydroxyl groups excluding tert-OH is 1. The van der Waals surface area contributed by atoms with E-state index in [0.29, 0.717) is 17.2 Å². The van der Waals surface area contributed by atoms with E-state index >= 15 is 0 Å². The Morgan fingerprint density at radius 2 is 2.39 bits per heavy atom. The maximum absolute atomic E-state index is 11.8. The van der Waals surface area contributed by atoms with Crippen LogP contribution in [-0.2, 0) is 6.54 Å². The van der Waals surface area contributed by atoms with Crippen molar-refractivity contribution >= 4 is 17.2 Å². The van der Waals surface area contributed by atoms with Crippen LogP contribution in [-0.4, -0.2) is 22.8 Å². The lowest BCUT2D eigenvalue weighted by Gasteiger charge is -1.99. The number of aliphatic hydroxyl groups is 1. The zero-order valence-corrected chi connectivity index (χ0v) is 10.2. The zero-order chi connectivity index (χ0) is 12.8. The monoisotopic (exact) mass is 262 g/mol. The molecule has 2 aromatic heterocycles. The molecule has 0 radical (unpaired) electrons. The van der Waals surface area contributed by atoms with Crippen LogP contribution in [0.5, 0.6) is 0 Å². The van der Waals surface area contributed by atoms with Crippen LogP contribution in [0.4, 0.5) is 0 Å². The highest BCUT2D eigenvalue weighted by molar-refractivity contribution is 7.14. The predicted molar refractivity (Wildman–Crippen MR) is 66.0 cm³/mol. The van der Waals surface area contributed by atoms with E-state index in [4.69, 9.17) is 9.63 Å². The van der Waals surface area contributed by atoms with Crippen molar-refractivity contribution in [1.82, 2.24) is 10.5 Å². The Labute approximate surface area is 107 Å². The maximum Gasteiger partial charge on any atom is 0.261 e. The molecule has 1 amide bonds. The zero-order valence-electron chi connectivity index (χ0n) is 9.34. The second kappa shape index (κ2) is 6.00. The molecule has 0 aromatic carbocycles. The molecule has 2 heterocycles. The first-order valence-corrected chi connectivity index (χ1v) is 5.98. The van der Waals surface area contributed by atoms with Gasteiger partial charge in [-0.3, -0.25) is 4.79 Å². The minimum atomic E-state index is -0.190. The highest BCUT2D eigenvalue weighted by Crippen LogP contribution is 2.15. The van der Waals surface area contributed by atoms with Gasteiger partial charge in [0.05, 0.1) is 22.5 Å². The fourth-order valence-electron chi connectivity index (χ4n) is 1.24. The van der Waals surface area contributed by atoms with Gasteiger partial charge in [-0.15, -0.1) is 11.3 Å². The molecule has 2 aromatic rings. The van der Waals surface area contributed by atoms with Gasteiger partial charge in [0.1, 0.15) is 6.61 Å². The summed E-state index contributed by atoms with van der Waals surface area (Å²) < 4.78 is 4.87. The van der Waals surface area contributed by atoms with Gasteiger partial charge >= 0.3 is 0 Å². The van der Waals surface area contributed by atoms with E-state index in [0.717, 1.165) is 4.88 Å². The molecular formula is C12H10N2O3S. The molecule has 0 saturated carbocycles. The number of rotatable bonds is 3. The number of aromatic nitrogens is 1. The molecule has 92 valence electrons. The van der Waals surface area contributed by atoms with Crippen LogP contribution in [0.2, 0.25) is 0 Å². The number of nitrogens with zero attached hydrogens (tertiary/aromatic N) is 1. The van der Waals surface area contributed by atoms with Crippen molar-refractivity contribution in [3.8, 4) is 11.8 Å². The van der Waals surface area contributed by atoms with E-state index in [1.807, 2.05) is 0 Å². The van der Waals surface area contributed by atoms with Gasteiger partial charge in [-0.1, -0.05) is 17.0 Å². The third kappa shape index (κ3) is 3.20. The lowest BCUT2D eigenvalue weighted by Crippen LogP contribution is -2.21. The molecule has 0 aliphatic heterocycles. The molecule has 0 spiro atoms. The number of hydrogen-bond donors (Lipinski definition) is 2. The van der Waals surface area contributed by atoms with E-state index < -0.39 is 0 Å². The van der Waals surface area contributed by atoms with Crippen molar-refractivity contribution in [2.24, 2.45) is 0 Å². The van der Waals surface area contributed by atoms with Crippen LogP contribution in [0, 0.1) is 11.8 Å². The van der Waals surface area contributed by atoms with Crippen molar-refractivity contribution in [3.63, 3.8) is 0 Å². The summed E-state index contributed by atoms with van der Waals surface area (Å²) in [5, 5.41) is 14.8. The Kier molecular flexibility index (Phi) is 4.12. The smallest absolute Gasteiger partial charge is 0.261 e. The average Bonchev–Trinajstić information content (AvgIpc) is 3.04. The summed E-state index contributed by atoms with van der Waals surface area (Å²) in [5.41, 5.74) is 0. The van der Waals surface area contributed by atoms with Crippen LogP contribution in [0.25, 0.3) is 0 Å². The van der Waals surface area contributed by atoms with Crippen molar-refractivity contribution in [3.05, 3.63) is 39.9 Å².